The summed E-state index contributed by atoms with van der Waals surface area (Å²) in [4.78, 5) is 14.1. The molecular weight excluding hydrogens is 210 g/mol. The number of aliphatic hydroxyl groups is 1. The van der Waals surface area contributed by atoms with Crippen molar-refractivity contribution in [2.75, 3.05) is 0 Å². The fraction of sp³-hybridized carbons (Fsp3) is 0.700. The fourth-order valence-electron chi connectivity index (χ4n) is 2.37. The van der Waals surface area contributed by atoms with Crippen molar-refractivity contribution in [3.8, 4) is 0 Å². The highest BCUT2D eigenvalue weighted by atomic mass is 16.6. The van der Waals surface area contributed by atoms with Crippen LogP contribution in [0.15, 0.2) is 6.20 Å². The summed E-state index contributed by atoms with van der Waals surface area (Å²) in [5.41, 5.74) is 0.540. The molecule has 1 aromatic heterocycles. The van der Waals surface area contributed by atoms with Crippen molar-refractivity contribution in [3.05, 3.63) is 22.0 Å². The second kappa shape index (κ2) is 4.61. The van der Waals surface area contributed by atoms with Crippen LogP contribution in [0, 0.1) is 10.1 Å². The normalized spacial score (nSPS) is 17.6. The minimum atomic E-state index is -0.478. The highest BCUT2D eigenvalue weighted by molar-refractivity contribution is 5.16. The van der Waals surface area contributed by atoms with Gasteiger partial charge in [0.05, 0.1) is 6.04 Å². The van der Waals surface area contributed by atoms with E-state index < -0.39 is 4.92 Å². The molecule has 1 aliphatic rings. The monoisotopic (exact) mass is 225 g/mol. The highest BCUT2D eigenvalue weighted by Gasteiger charge is 2.28. The Hall–Kier alpha value is -1.43. The smallest absolute Gasteiger partial charge is 0.390 e. The summed E-state index contributed by atoms with van der Waals surface area (Å²) in [5, 5.41) is 20.0. The van der Waals surface area contributed by atoms with Gasteiger partial charge in [-0.2, -0.15) is 0 Å². The van der Waals surface area contributed by atoms with Crippen molar-refractivity contribution in [3.63, 3.8) is 0 Å². The topological polar surface area (TPSA) is 81.2 Å². The number of aromatic nitrogens is 2. The molecule has 1 aliphatic carbocycles. The molecule has 1 fully saturated rings. The number of imidazole rings is 1. The molecular formula is C10H15N3O3. The molecule has 16 heavy (non-hydrogen) atoms. The molecule has 0 bridgehead atoms. The lowest BCUT2D eigenvalue weighted by Crippen LogP contribution is -2.17. The lowest BCUT2D eigenvalue weighted by molar-refractivity contribution is -0.397. The quantitative estimate of drug-likeness (QED) is 0.628. The van der Waals surface area contributed by atoms with Crippen LogP contribution >= 0.6 is 0 Å². The van der Waals surface area contributed by atoms with Gasteiger partial charge in [-0.1, -0.05) is 11.4 Å². The molecule has 88 valence electrons. The van der Waals surface area contributed by atoms with Crippen LogP contribution in [0.25, 0.3) is 0 Å². The second-order valence-electron chi connectivity index (χ2n) is 4.13. The third-order valence-corrected chi connectivity index (χ3v) is 3.12. The standard InChI is InChI=1S/C10H15N3O3/c14-7-9-6-11-10(13(15)16)12(9)8-4-2-1-3-5-8/h6,8,14H,1-5,7H2. The number of rotatable bonds is 3. The maximum atomic E-state index is 10.8. The molecule has 0 radical (unpaired) electrons. The van der Waals surface area contributed by atoms with E-state index in [-0.39, 0.29) is 18.6 Å². The van der Waals surface area contributed by atoms with E-state index in [1.54, 1.807) is 4.57 Å². The van der Waals surface area contributed by atoms with E-state index in [4.69, 9.17) is 5.11 Å². The van der Waals surface area contributed by atoms with E-state index in [1.165, 1.54) is 12.6 Å². The molecule has 0 aliphatic heterocycles. The summed E-state index contributed by atoms with van der Waals surface area (Å²) in [6, 6.07) is 0.124. The molecule has 1 aromatic rings. The molecule has 0 spiro atoms. The van der Waals surface area contributed by atoms with Gasteiger partial charge in [-0.25, -0.2) is 4.57 Å². The van der Waals surface area contributed by atoms with E-state index >= 15 is 0 Å². The summed E-state index contributed by atoms with van der Waals surface area (Å²) in [6.07, 6.45) is 6.63. The molecule has 1 saturated carbocycles. The van der Waals surface area contributed by atoms with Crippen LogP contribution in [0.3, 0.4) is 0 Å². The maximum absolute atomic E-state index is 10.8. The lowest BCUT2D eigenvalue weighted by Gasteiger charge is -2.21. The second-order valence-corrected chi connectivity index (χ2v) is 4.13. The van der Waals surface area contributed by atoms with Gasteiger partial charge in [0.15, 0.2) is 0 Å². The van der Waals surface area contributed by atoms with Crippen LogP contribution in [0.2, 0.25) is 0 Å². The Morgan fingerprint density at radius 2 is 2.19 bits per heavy atom. The average Bonchev–Trinajstić information content (AvgIpc) is 2.73. The van der Waals surface area contributed by atoms with Crippen LogP contribution in [0.4, 0.5) is 5.95 Å². The largest absolute Gasteiger partial charge is 0.435 e. The summed E-state index contributed by atoms with van der Waals surface area (Å²) in [5.74, 6) is -0.143. The first-order valence-corrected chi connectivity index (χ1v) is 5.55. The van der Waals surface area contributed by atoms with Gasteiger partial charge in [-0.05, 0) is 30.6 Å². The summed E-state index contributed by atoms with van der Waals surface area (Å²) in [7, 11) is 0. The van der Waals surface area contributed by atoms with Crippen LogP contribution in [-0.2, 0) is 6.61 Å². The van der Waals surface area contributed by atoms with E-state index in [9.17, 15) is 10.1 Å². The molecule has 6 heteroatoms. The number of hydrogen-bond acceptors (Lipinski definition) is 4. The predicted octanol–water partition coefficient (Wildman–Crippen LogP) is 1.79. The maximum Gasteiger partial charge on any atom is 0.435 e. The fourth-order valence-corrected chi connectivity index (χ4v) is 2.37. The van der Waals surface area contributed by atoms with Crippen molar-refractivity contribution in [1.29, 1.82) is 0 Å². The number of aliphatic hydroxyl groups excluding tert-OH is 1. The molecule has 2 rings (SSSR count). The van der Waals surface area contributed by atoms with Crippen molar-refractivity contribution < 1.29 is 10.0 Å². The third-order valence-electron chi connectivity index (χ3n) is 3.12. The van der Waals surface area contributed by atoms with E-state index in [0.29, 0.717) is 5.69 Å². The SMILES string of the molecule is O=[N+]([O-])c1ncc(CO)n1C1CCCCC1. The molecule has 0 saturated heterocycles. The zero-order valence-corrected chi connectivity index (χ0v) is 9.00. The molecule has 0 atom stereocenters. The molecule has 1 heterocycles. The van der Waals surface area contributed by atoms with Crippen LogP contribution in [0.1, 0.15) is 43.8 Å². The zero-order valence-electron chi connectivity index (χ0n) is 9.00. The Labute approximate surface area is 93.1 Å². The van der Waals surface area contributed by atoms with Crippen molar-refractivity contribution in [2.24, 2.45) is 0 Å². The van der Waals surface area contributed by atoms with Crippen LogP contribution < -0.4 is 0 Å². The van der Waals surface area contributed by atoms with Crippen molar-refractivity contribution in [1.82, 2.24) is 9.55 Å². The Kier molecular flexibility index (Phi) is 3.19. The average molecular weight is 225 g/mol. The first-order chi connectivity index (χ1) is 7.74. The number of nitrogens with zero attached hydrogens (tertiary/aromatic N) is 3. The Bertz CT molecular complexity index is 383. The van der Waals surface area contributed by atoms with Gasteiger partial charge in [0, 0.05) is 0 Å². The molecule has 6 nitrogen and oxygen atoms in total. The molecule has 1 N–H and O–H groups in total. The van der Waals surface area contributed by atoms with Gasteiger partial charge in [-0.15, -0.1) is 0 Å². The number of hydrogen-bond donors (Lipinski definition) is 1. The van der Waals surface area contributed by atoms with Gasteiger partial charge in [-0.3, -0.25) is 0 Å². The Morgan fingerprint density at radius 3 is 2.75 bits per heavy atom. The van der Waals surface area contributed by atoms with Crippen molar-refractivity contribution >= 4 is 5.95 Å². The van der Waals surface area contributed by atoms with E-state index in [1.807, 2.05) is 0 Å². The predicted molar refractivity (Wildman–Crippen MR) is 56.9 cm³/mol. The Balaban J connectivity index is 2.34. The van der Waals surface area contributed by atoms with Gasteiger partial charge in [0.25, 0.3) is 0 Å². The highest BCUT2D eigenvalue weighted by Crippen LogP contribution is 2.32. The summed E-state index contributed by atoms with van der Waals surface area (Å²) in [6.45, 7) is -0.197. The van der Waals surface area contributed by atoms with Crippen molar-refractivity contribution in [2.45, 2.75) is 44.8 Å². The zero-order chi connectivity index (χ0) is 11.5. The summed E-state index contributed by atoms with van der Waals surface area (Å²) >= 11 is 0. The first-order valence-electron chi connectivity index (χ1n) is 5.55. The number of nitro groups is 1. The van der Waals surface area contributed by atoms with E-state index in [0.717, 1.165) is 25.7 Å². The van der Waals surface area contributed by atoms with E-state index in [2.05, 4.69) is 4.98 Å². The minimum absolute atomic E-state index is 0.124. The molecule has 0 amide bonds. The van der Waals surface area contributed by atoms with Gasteiger partial charge >= 0.3 is 5.95 Å². The molecule has 0 unspecified atom stereocenters. The first kappa shape index (κ1) is 11.1. The Morgan fingerprint density at radius 1 is 1.50 bits per heavy atom. The minimum Gasteiger partial charge on any atom is -0.390 e. The van der Waals surface area contributed by atoms with Crippen LogP contribution in [-0.4, -0.2) is 19.6 Å². The lowest BCUT2D eigenvalue weighted by atomic mass is 9.95. The molecule has 0 aromatic carbocycles. The third kappa shape index (κ3) is 1.92. The van der Waals surface area contributed by atoms with Gasteiger partial charge in [0.1, 0.15) is 18.5 Å². The van der Waals surface area contributed by atoms with Crippen LogP contribution in [0.5, 0.6) is 0 Å². The summed E-state index contributed by atoms with van der Waals surface area (Å²) < 4.78 is 1.60. The van der Waals surface area contributed by atoms with Gasteiger partial charge in [0.2, 0.25) is 0 Å². The van der Waals surface area contributed by atoms with Gasteiger partial charge < -0.3 is 15.2 Å².